The van der Waals surface area contributed by atoms with Gasteiger partial charge in [0.05, 0.1) is 0 Å². The van der Waals surface area contributed by atoms with Gasteiger partial charge >= 0.3 is 5.69 Å². The van der Waals surface area contributed by atoms with Gasteiger partial charge in [-0.25, -0.2) is 13.6 Å². The Morgan fingerprint density at radius 2 is 1.23 bits per heavy atom. The van der Waals surface area contributed by atoms with Gasteiger partial charge in [0.15, 0.2) is 0 Å². The molecular weight excluding hydrogens is 711 g/mol. The van der Waals surface area contributed by atoms with Gasteiger partial charge in [-0.05, 0) is 81.9 Å². The summed E-state index contributed by atoms with van der Waals surface area (Å²) in [6.45, 7) is 4.40. The van der Waals surface area contributed by atoms with Crippen LogP contribution in [0.15, 0.2) is 119 Å². The summed E-state index contributed by atoms with van der Waals surface area (Å²) in [5.74, 6) is -0.520. The van der Waals surface area contributed by atoms with Gasteiger partial charge in [-0.2, -0.15) is 0 Å². The van der Waals surface area contributed by atoms with Crippen molar-refractivity contribution >= 4 is 33.0 Å². The van der Waals surface area contributed by atoms with Crippen molar-refractivity contribution in [3.63, 3.8) is 0 Å². The molecule has 56 heavy (non-hydrogen) atoms. The highest BCUT2D eigenvalue weighted by atomic mass is 19.1. The summed E-state index contributed by atoms with van der Waals surface area (Å²) in [4.78, 5) is 47.4. The third-order valence-corrected chi connectivity index (χ3v) is 11.1. The van der Waals surface area contributed by atoms with Crippen LogP contribution in [0.25, 0.3) is 33.0 Å². The molecule has 12 heteroatoms. The fraction of sp³-hybridized carbons (Fsp3) is 0.227. The van der Waals surface area contributed by atoms with Crippen LogP contribution in [0, 0.1) is 11.6 Å². The number of allylic oxidation sites excluding steroid dienone is 2. The Balaban J connectivity index is 0.966. The molecule has 0 amide bonds. The second-order valence-electron chi connectivity index (χ2n) is 14.6. The molecule has 0 saturated carbocycles. The van der Waals surface area contributed by atoms with E-state index in [-0.39, 0.29) is 30.3 Å². The van der Waals surface area contributed by atoms with E-state index in [0.717, 1.165) is 92.5 Å². The van der Waals surface area contributed by atoms with Crippen LogP contribution in [-0.2, 0) is 39.0 Å². The first-order valence-corrected chi connectivity index (χ1v) is 18.9. The lowest BCUT2D eigenvalue weighted by Crippen LogP contribution is -2.38. The molecule has 5 aromatic heterocycles. The number of hydrogen-bond donors (Lipinski definition) is 2. The van der Waals surface area contributed by atoms with Gasteiger partial charge < -0.3 is 9.97 Å². The summed E-state index contributed by atoms with van der Waals surface area (Å²) in [5.41, 5.74) is 9.32. The van der Waals surface area contributed by atoms with Gasteiger partial charge in [-0.1, -0.05) is 24.3 Å². The number of benzene rings is 2. The number of pyridine rings is 2. The third kappa shape index (κ3) is 7.16. The Labute approximate surface area is 321 Å². The Kier molecular flexibility index (Phi) is 9.58. The maximum atomic E-state index is 14.2. The maximum absolute atomic E-state index is 14.2. The molecule has 10 nitrogen and oxygen atoms in total. The number of fused-ring (bicyclic) bond motifs is 6. The maximum Gasteiger partial charge on any atom is 0.331 e. The molecule has 0 spiro atoms. The van der Waals surface area contributed by atoms with E-state index in [4.69, 9.17) is 0 Å². The summed E-state index contributed by atoms with van der Waals surface area (Å²) in [5, 5.41) is 1.80. The molecule has 2 aromatic carbocycles. The molecule has 0 aliphatic carbocycles. The van der Waals surface area contributed by atoms with Crippen LogP contribution < -0.4 is 11.2 Å². The molecular formula is C44H40F2N8O2. The van der Waals surface area contributed by atoms with Crippen molar-refractivity contribution in [2.24, 2.45) is 0 Å². The molecule has 9 rings (SSSR count). The van der Waals surface area contributed by atoms with Crippen molar-refractivity contribution < 1.29 is 8.78 Å². The molecule has 2 N–H and O–H groups in total. The zero-order valence-corrected chi connectivity index (χ0v) is 30.7. The van der Waals surface area contributed by atoms with E-state index < -0.39 is 5.69 Å². The van der Waals surface area contributed by atoms with Crippen LogP contribution >= 0.6 is 0 Å². The van der Waals surface area contributed by atoms with Crippen molar-refractivity contribution in [1.29, 1.82) is 0 Å². The Hall–Kier alpha value is -6.24. The van der Waals surface area contributed by atoms with Crippen LogP contribution in [-0.4, -0.2) is 65.0 Å². The average Bonchev–Trinajstić information content (AvgIpc) is 3.77. The van der Waals surface area contributed by atoms with E-state index in [0.29, 0.717) is 26.2 Å². The van der Waals surface area contributed by atoms with Gasteiger partial charge in [-0.3, -0.25) is 33.7 Å². The first kappa shape index (κ1) is 35.5. The van der Waals surface area contributed by atoms with E-state index in [9.17, 15) is 18.4 Å². The summed E-state index contributed by atoms with van der Waals surface area (Å²) < 4.78 is 31.2. The largest absolute Gasteiger partial charge is 0.358 e. The molecule has 2 aliphatic rings. The minimum atomic E-state index is -0.409. The van der Waals surface area contributed by atoms with E-state index in [2.05, 4.69) is 29.7 Å². The molecule has 0 radical (unpaired) electrons. The van der Waals surface area contributed by atoms with Gasteiger partial charge in [0.25, 0.3) is 5.56 Å². The SMILES string of the molecule is O=c1ccn(C/C=C(\CN2CCc3[nH]c4ccc(F)cc4c3C2)c2cccnc2)c(=O)n1C/C=C(\CN1CCc2[nH]c3ccc(F)cc3c2C1)c1cccnc1. The van der Waals surface area contributed by atoms with E-state index in [1.165, 1.54) is 22.8 Å². The lowest BCUT2D eigenvalue weighted by atomic mass is 10.0. The molecule has 0 saturated heterocycles. The second-order valence-corrected chi connectivity index (χ2v) is 14.6. The van der Waals surface area contributed by atoms with Gasteiger partial charge in [-0.15, -0.1) is 0 Å². The third-order valence-electron chi connectivity index (χ3n) is 11.1. The second kappa shape index (κ2) is 15.1. The molecule has 0 atom stereocenters. The fourth-order valence-electron chi connectivity index (χ4n) is 8.16. The van der Waals surface area contributed by atoms with Crippen molar-refractivity contribution in [2.45, 2.75) is 39.0 Å². The zero-order chi connectivity index (χ0) is 38.2. The Bertz CT molecular complexity index is 2750. The number of aromatic amines is 2. The molecule has 0 unspecified atom stereocenters. The highest BCUT2D eigenvalue weighted by Crippen LogP contribution is 2.31. The number of hydrogen-bond acceptors (Lipinski definition) is 6. The Morgan fingerprint density at radius 1 is 0.696 bits per heavy atom. The number of nitrogens with one attached hydrogen (secondary N) is 2. The smallest absolute Gasteiger partial charge is 0.331 e. The number of aromatic nitrogens is 6. The number of H-pyrrole nitrogens is 2. The highest BCUT2D eigenvalue weighted by Gasteiger charge is 2.24. The van der Waals surface area contributed by atoms with Gasteiger partial charge in [0.1, 0.15) is 11.6 Å². The predicted octanol–water partition coefficient (Wildman–Crippen LogP) is 6.32. The van der Waals surface area contributed by atoms with Gasteiger partial charge in [0, 0.05) is 135 Å². The lowest BCUT2D eigenvalue weighted by Gasteiger charge is -2.28. The number of nitrogens with zero attached hydrogens (tertiary/aromatic N) is 6. The Morgan fingerprint density at radius 3 is 1.75 bits per heavy atom. The molecule has 7 aromatic rings. The molecule has 7 heterocycles. The quantitative estimate of drug-likeness (QED) is 0.170. The lowest BCUT2D eigenvalue weighted by molar-refractivity contribution is 0.286. The van der Waals surface area contributed by atoms with Crippen LogP contribution in [0.3, 0.4) is 0 Å². The predicted molar refractivity (Wildman–Crippen MR) is 214 cm³/mol. The summed E-state index contributed by atoms with van der Waals surface area (Å²) >= 11 is 0. The molecule has 282 valence electrons. The van der Waals surface area contributed by atoms with Crippen LogP contribution in [0.4, 0.5) is 8.78 Å². The van der Waals surface area contributed by atoms with E-state index >= 15 is 0 Å². The van der Waals surface area contributed by atoms with Crippen LogP contribution in [0.2, 0.25) is 0 Å². The topological polar surface area (TPSA) is 108 Å². The van der Waals surface area contributed by atoms with E-state index in [1.54, 1.807) is 53.6 Å². The van der Waals surface area contributed by atoms with Crippen LogP contribution in [0.1, 0.15) is 33.6 Å². The van der Waals surface area contributed by atoms with Gasteiger partial charge in [0.2, 0.25) is 0 Å². The standard InChI is InChI=1S/C44H40F2N8O2/c45-33-5-7-39-35(21-33)37-27-51(16-11-41(37)49-39)25-31(29-3-1-14-47-23-29)9-18-53-19-13-43(55)54(44(53)56)20-10-32(30-4-2-15-48-24-30)26-52-17-12-42-38(28-52)36-22-34(46)6-8-40(36)50-42/h1-10,13-15,19,21-24,49-50H,11-12,16-18,20,25-28H2/b31-9+,32-10+. The molecule has 0 fully saturated rings. The number of rotatable bonds is 10. The molecule has 2 aliphatic heterocycles. The number of halogens is 2. The normalized spacial score (nSPS) is 15.4. The first-order chi connectivity index (χ1) is 27.4. The highest BCUT2D eigenvalue weighted by molar-refractivity contribution is 5.86. The van der Waals surface area contributed by atoms with E-state index in [1.807, 2.05) is 42.6 Å². The summed E-state index contributed by atoms with van der Waals surface area (Å²) in [6, 6.07) is 18.9. The minimum absolute atomic E-state index is 0.0840. The first-order valence-electron chi connectivity index (χ1n) is 18.9. The molecule has 0 bridgehead atoms. The average molecular weight is 751 g/mol. The summed E-state index contributed by atoms with van der Waals surface area (Å²) in [7, 11) is 0. The summed E-state index contributed by atoms with van der Waals surface area (Å²) in [6.07, 6.45) is 14.2. The fourth-order valence-corrected chi connectivity index (χ4v) is 8.16. The van der Waals surface area contributed by atoms with Crippen molar-refractivity contribution in [2.75, 3.05) is 26.2 Å². The van der Waals surface area contributed by atoms with Crippen molar-refractivity contribution in [3.05, 3.63) is 176 Å². The zero-order valence-electron chi connectivity index (χ0n) is 30.7. The monoisotopic (exact) mass is 750 g/mol. The van der Waals surface area contributed by atoms with Crippen molar-refractivity contribution in [3.8, 4) is 0 Å². The van der Waals surface area contributed by atoms with Crippen LogP contribution in [0.5, 0.6) is 0 Å². The minimum Gasteiger partial charge on any atom is -0.358 e. The van der Waals surface area contributed by atoms with Crippen molar-refractivity contribution in [1.82, 2.24) is 38.9 Å².